The molecule has 148 valence electrons. The summed E-state index contributed by atoms with van der Waals surface area (Å²) in [5, 5.41) is 0.786. The fourth-order valence-electron chi connectivity index (χ4n) is 3.91. The van der Waals surface area contributed by atoms with E-state index in [1.165, 1.54) is 4.90 Å². The van der Waals surface area contributed by atoms with Crippen LogP contribution in [0.2, 0.25) is 5.02 Å². The normalized spacial score (nSPS) is 15.6. The molecule has 0 saturated carbocycles. The van der Waals surface area contributed by atoms with Crippen LogP contribution in [0.25, 0.3) is 11.0 Å². The van der Waals surface area contributed by atoms with Crippen LogP contribution in [0.5, 0.6) is 0 Å². The van der Waals surface area contributed by atoms with Gasteiger partial charge in [-0.1, -0.05) is 47.5 Å². The molecule has 4 aromatic rings. The number of hydrogen-bond acceptors (Lipinski definition) is 4. The number of aryl methyl sites for hydroxylation is 2. The van der Waals surface area contributed by atoms with Gasteiger partial charge in [-0.2, -0.15) is 0 Å². The van der Waals surface area contributed by atoms with Crippen LogP contribution < -0.4 is 10.3 Å². The van der Waals surface area contributed by atoms with Crippen molar-refractivity contribution >= 4 is 34.3 Å². The molecule has 6 heteroatoms. The van der Waals surface area contributed by atoms with Crippen molar-refractivity contribution in [3.05, 3.63) is 104 Å². The van der Waals surface area contributed by atoms with Crippen molar-refractivity contribution in [2.75, 3.05) is 4.90 Å². The van der Waals surface area contributed by atoms with E-state index in [1.54, 1.807) is 24.3 Å². The fraction of sp³-hybridized carbons (Fsp3) is 0.125. The molecule has 0 fully saturated rings. The Morgan fingerprint density at radius 1 is 1.00 bits per heavy atom. The predicted octanol–water partition coefficient (Wildman–Crippen LogP) is 5.21. The van der Waals surface area contributed by atoms with Crippen LogP contribution in [-0.2, 0) is 0 Å². The quantitative estimate of drug-likeness (QED) is 0.450. The Morgan fingerprint density at radius 3 is 2.50 bits per heavy atom. The number of aromatic nitrogens is 1. The summed E-state index contributed by atoms with van der Waals surface area (Å²) in [5.74, 6) is 0.129. The monoisotopic (exact) mass is 416 g/mol. The number of anilines is 1. The maximum atomic E-state index is 13.5. The van der Waals surface area contributed by atoms with E-state index >= 15 is 0 Å². The van der Waals surface area contributed by atoms with Crippen molar-refractivity contribution in [1.82, 2.24) is 4.98 Å². The minimum absolute atomic E-state index is 0.0451. The molecular weight excluding hydrogens is 400 g/mol. The summed E-state index contributed by atoms with van der Waals surface area (Å²) in [6, 6.07) is 17.4. The zero-order chi connectivity index (χ0) is 21.0. The van der Waals surface area contributed by atoms with Crippen molar-refractivity contribution in [1.29, 1.82) is 0 Å². The molecule has 30 heavy (non-hydrogen) atoms. The molecule has 0 saturated heterocycles. The molecule has 0 radical (unpaired) electrons. The Hall–Kier alpha value is -3.44. The van der Waals surface area contributed by atoms with Gasteiger partial charge in [0, 0.05) is 10.7 Å². The second kappa shape index (κ2) is 6.82. The van der Waals surface area contributed by atoms with E-state index in [1.807, 2.05) is 50.2 Å². The van der Waals surface area contributed by atoms with E-state index in [2.05, 4.69) is 4.98 Å². The zero-order valence-corrected chi connectivity index (χ0v) is 17.1. The van der Waals surface area contributed by atoms with Crippen molar-refractivity contribution < 1.29 is 9.21 Å². The lowest BCUT2D eigenvalue weighted by molar-refractivity contribution is 0.0970. The SMILES string of the molecule is Cc1ccc([C@H]2c3c(oc4ccc(Cl)cc4c3=O)C(=O)N2c2cccc(C)n2)cc1. The molecule has 0 spiro atoms. The number of pyridine rings is 1. The Labute approximate surface area is 177 Å². The third-order valence-electron chi connectivity index (χ3n) is 5.35. The Kier molecular flexibility index (Phi) is 4.22. The van der Waals surface area contributed by atoms with E-state index in [-0.39, 0.29) is 17.1 Å². The summed E-state index contributed by atoms with van der Waals surface area (Å²) in [6.45, 7) is 3.85. The third kappa shape index (κ3) is 2.82. The minimum Gasteiger partial charge on any atom is -0.450 e. The average molecular weight is 417 g/mol. The minimum atomic E-state index is -0.637. The van der Waals surface area contributed by atoms with E-state index < -0.39 is 6.04 Å². The lowest BCUT2D eigenvalue weighted by Gasteiger charge is -2.24. The predicted molar refractivity (Wildman–Crippen MR) is 116 cm³/mol. The molecule has 5 nitrogen and oxygen atoms in total. The number of halogens is 1. The molecule has 0 unspecified atom stereocenters. The maximum Gasteiger partial charge on any atom is 0.296 e. The first-order valence-electron chi connectivity index (χ1n) is 9.54. The van der Waals surface area contributed by atoms with Gasteiger partial charge in [-0.3, -0.25) is 14.5 Å². The highest BCUT2D eigenvalue weighted by Crippen LogP contribution is 2.40. The Morgan fingerprint density at radius 2 is 1.77 bits per heavy atom. The Balaban J connectivity index is 1.83. The molecule has 2 aromatic carbocycles. The summed E-state index contributed by atoms with van der Waals surface area (Å²) >= 11 is 6.12. The number of nitrogens with zero attached hydrogens (tertiary/aromatic N) is 2. The van der Waals surface area contributed by atoms with Crippen LogP contribution in [0.1, 0.15) is 39.0 Å². The molecule has 5 rings (SSSR count). The van der Waals surface area contributed by atoms with E-state index in [0.29, 0.717) is 27.4 Å². The highest BCUT2D eigenvalue weighted by atomic mass is 35.5. The van der Waals surface area contributed by atoms with Gasteiger partial charge in [0.05, 0.1) is 17.0 Å². The van der Waals surface area contributed by atoms with Crippen LogP contribution in [0, 0.1) is 13.8 Å². The lowest BCUT2D eigenvalue weighted by Crippen LogP contribution is -2.30. The van der Waals surface area contributed by atoms with Crippen molar-refractivity contribution in [2.45, 2.75) is 19.9 Å². The molecule has 0 bridgehead atoms. The van der Waals surface area contributed by atoms with Crippen LogP contribution in [0.4, 0.5) is 5.82 Å². The first-order chi connectivity index (χ1) is 14.4. The largest absolute Gasteiger partial charge is 0.450 e. The number of carbonyl (C=O) groups is 1. The van der Waals surface area contributed by atoms with Crippen molar-refractivity contribution in [3.8, 4) is 0 Å². The first kappa shape index (κ1) is 18.6. The van der Waals surface area contributed by atoms with Crippen LogP contribution in [0.3, 0.4) is 0 Å². The number of amides is 1. The van der Waals surface area contributed by atoms with Gasteiger partial charge < -0.3 is 4.42 Å². The highest BCUT2D eigenvalue weighted by Gasteiger charge is 2.44. The maximum absolute atomic E-state index is 13.5. The standard InChI is InChI=1S/C24H17ClN2O3/c1-13-6-8-15(9-7-13)21-20-22(28)17-12-16(25)10-11-18(17)30-23(20)24(29)27(21)19-5-3-4-14(2)26-19/h3-12,21H,1-2H3/t21-/m0/s1. The van der Waals surface area contributed by atoms with Gasteiger partial charge in [-0.15, -0.1) is 0 Å². The topological polar surface area (TPSA) is 63.4 Å². The van der Waals surface area contributed by atoms with E-state index in [0.717, 1.165) is 16.8 Å². The number of rotatable bonds is 2. The second-order valence-corrected chi connectivity index (χ2v) is 7.88. The molecule has 1 aliphatic rings. The fourth-order valence-corrected chi connectivity index (χ4v) is 4.08. The van der Waals surface area contributed by atoms with Gasteiger partial charge in [-0.25, -0.2) is 4.98 Å². The molecule has 1 aliphatic heterocycles. The summed E-state index contributed by atoms with van der Waals surface area (Å²) in [6.07, 6.45) is 0. The Bertz CT molecular complexity index is 1380. The summed E-state index contributed by atoms with van der Waals surface area (Å²) in [7, 11) is 0. The van der Waals surface area contributed by atoms with E-state index in [9.17, 15) is 9.59 Å². The molecule has 1 atom stereocenters. The third-order valence-corrected chi connectivity index (χ3v) is 5.58. The summed E-state index contributed by atoms with van der Waals surface area (Å²) in [4.78, 5) is 33.0. The van der Waals surface area contributed by atoms with Crippen molar-refractivity contribution in [2.24, 2.45) is 0 Å². The van der Waals surface area contributed by atoms with Crippen LogP contribution in [-0.4, -0.2) is 10.9 Å². The summed E-state index contributed by atoms with van der Waals surface area (Å²) < 4.78 is 5.93. The molecule has 1 amide bonds. The number of hydrogen-bond donors (Lipinski definition) is 0. The average Bonchev–Trinajstić information content (AvgIpc) is 3.02. The highest BCUT2D eigenvalue weighted by molar-refractivity contribution is 6.31. The lowest BCUT2D eigenvalue weighted by atomic mass is 9.97. The smallest absolute Gasteiger partial charge is 0.296 e. The van der Waals surface area contributed by atoms with Gasteiger partial charge in [-0.05, 0) is 49.7 Å². The number of fused-ring (bicyclic) bond motifs is 2. The molecular formula is C24H17ClN2O3. The van der Waals surface area contributed by atoms with Gasteiger partial charge in [0.2, 0.25) is 5.76 Å². The number of carbonyl (C=O) groups excluding carboxylic acids is 1. The first-order valence-corrected chi connectivity index (χ1v) is 9.92. The molecule has 0 N–H and O–H groups in total. The van der Waals surface area contributed by atoms with Crippen molar-refractivity contribution in [3.63, 3.8) is 0 Å². The molecule has 2 aromatic heterocycles. The van der Waals surface area contributed by atoms with E-state index in [4.69, 9.17) is 16.0 Å². The van der Waals surface area contributed by atoms with Gasteiger partial charge in [0.15, 0.2) is 5.43 Å². The van der Waals surface area contributed by atoms with Gasteiger partial charge >= 0.3 is 0 Å². The number of benzene rings is 2. The molecule has 0 aliphatic carbocycles. The zero-order valence-electron chi connectivity index (χ0n) is 16.3. The molecule has 3 heterocycles. The summed E-state index contributed by atoms with van der Waals surface area (Å²) in [5.41, 5.74) is 3.05. The second-order valence-electron chi connectivity index (χ2n) is 7.44. The van der Waals surface area contributed by atoms with Gasteiger partial charge in [0.1, 0.15) is 11.4 Å². The van der Waals surface area contributed by atoms with Gasteiger partial charge in [0.25, 0.3) is 5.91 Å². The van der Waals surface area contributed by atoms with Crippen LogP contribution in [0.15, 0.2) is 69.9 Å². The van der Waals surface area contributed by atoms with Crippen LogP contribution >= 0.6 is 11.6 Å².